The van der Waals surface area contributed by atoms with E-state index in [1.54, 1.807) is 6.20 Å². The first-order valence-electron chi connectivity index (χ1n) is 12.8. The zero-order chi connectivity index (χ0) is 23.3. The van der Waals surface area contributed by atoms with E-state index in [0.717, 1.165) is 70.4 Å². The molecule has 0 aromatic carbocycles. The smallest absolute Gasteiger partial charge is 0.325 e. The molecule has 2 fully saturated rings. The third-order valence-electron chi connectivity index (χ3n) is 7.21. The number of carboxylic acids is 1. The van der Waals surface area contributed by atoms with Gasteiger partial charge in [-0.3, -0.25) is 9.69 Å². The minimum absolute atomic E-state index is 0.169. The molecule has 1 saturated carbocycles. The Bertz CT molecular complexity index is 996. The number of rotatable bonds is 11. The number of unbranched alkanes of at least 4 members (excludes halogenated alkanes) is 2. The second-order valence-corrected chi connectivity index (χ2v) is 9.93. The molecule has 2 N–H and O–H groups in total. The van der Waals surface area contributed by atoms with E-state index in [9.17, 15) is 9.90 Å². The first-order valence-corrected chi connectivity index (χ1v) is 12.8. The van der Waals surface area contributed by atoms with E-state index in [-0.39, 0.29) is 6.10 Å². The third kappa shape index (κ3) is 5.66. The van der Waals surface area contributed by atoms with E-state index in [0.29, 0.717) is 17.4 Å². The van der Waals surface area contributed by atoms with E-state index >= 15 is 0 Å². The number of carboxylic acid groups (broad SMARTS) is 1. The molecule has 5 rings (SSSR count). The summed E-state index contributed by atoms with van der Waals surface area (Å²) in [7, 11) is 0. The number of aliphatic carboxylic acids is 1. The van der Waals surface area contributed by atoms with E-state index in [2.05, 4.69) is 32.3 Å². The summed E-state index contributed by atoms with van der Waals surface area (Å²) < 4.78 is 5.88. The Hall–Kier alpha value is -2.74. The van der Waals surface area contributed by atoms with Crippen LogP contribution >= 0.6 is 0 Å². The molecular weight excluding hydrogens is 430 g/mol. The van der Waals surface area contributed by atoms with Crippen molar-refractivity contribution >= 4 is 11.8 Å². The van der Waals surface area contributed by atoms with Gasteiger partial charge in [-0.2, -0.15) is 0 Å². The molecule has 2 atom stereocenters. The number of ether oxygens (including phenoxy) is 1. The Kier molecular flexibility index (Phi) is 7.23. The molecule has 0 bridgehead atoms. The summed E-state index contributed by atoms with van der Waals surface area (Å²) >= 11 is 0. The maximum absolute atomic E-state index is 12.2. The first-order chi connectivity index (χ1) is 16.7. The number of pyridine rings is 1. The number of aryl methyl sites for hydroxylation is 2. The van der Waals surface area contributed by atoms with Crippen LogP contribution < -0.4 is 10.1 Å². The summed E-state index contributed by atoms with van der Waals surface area (Å²) in [6.07, 6.45) is 14.2. The minimum Gasteiger partial charge on any atom is -0.480 e. The zero-order valence-electron chi connectivity index (χ0n) is 19.8. The summed E-state index contributed by atoms with van der Waals surface area (Å²) in [6, 6.07) is 3.67. The molecule has 0 spiro atoms. The molecule has 1 saturated heterocycles. The molecule has 0 radical (unpaired) electrons. The van der Waals surface area contributed by atoms with Crippen LogP contribution in [0.15, 0.2) is 24.7 Å². The largest absolute Gasteiger partial charge is 0.480 e. The Balaban J connectivity index is 1.08. The van der Waals surface area contributed by atoms with Crippen LogP contribution in [0.2, 0.25) is 0 Å². The number of nitrogens with zero attached hydrogens (tertiary/aromatic N) is 4. The van der Waals surface area contributed by atoms with Crippen molar-refractivity contribution in [3.05, 3.63) is 41.5 Å². The Labute approximate surface area is 201 Å². The quantitative estimate of drug-likeness (QED) is 0.480. The van der Waals surface area contributed by atoms with Gasteiger partial charge in [-0.1, -0.05) is 18.9 Å². The van der Waals surface area contributed by atoms with E-state index in [1.807, 2.05) is 0 Å². The van der Waals surface area contributed by atoms with Gasteiger partial charge in [0.25, 0.3) is 0 Å². The molecule has 8 nitrogen and oxygen atoms in total. The van der Waals surface area contributed by atoms with Gasteiger partial charge in [0.2, 0.25) is 5.88 Å². The van der Waals surface area contributed by atoms with Crippen molar-refractivity contribution < 1.29 is 14.6 Å². The fourth-order valence-electron chi connectivity index (χ4n) is 5.20. The van der Waals surface area contributed by atoms with Crippen molar-refractivity contribution in [1.82, 2.24) is 19.9 Å². The highest BCUT2D eigenvalue weighted by Gasteiger charge is 2.37. The van der Waals surface area contributed by atoms with E-state index in [1.165, 1.54) is 36.8 Å². The fraction of sp³-hybridized carbons (Fsp3) is 0.615. The van der Waals surface area contributed by atoms with Crippen LogP contribution in [-0.2, 0) is 17.6 Å². The Morgan fingerprint density at radius 3 is 3.00 bits per heavy atom. The molecule has 182 valence electrons. The standard InChI is InChI=1S/C26H35N5O3/c32-26(33)23(22-15-27-17-29-25(22)34-21-10-11-21)31-14-12-18(16-31)5-2-1-3-7-20-9-8-19-6-4-13-28-24(19)30-20/h8-9,15,17-18,21,23H,1-7,10-14,16H2,(H,28,30)(H,32,33). The van der Waals surface area contributed by atoms with Crippen LogP contribution in [0.5, 0.6) is 5.88 Å². The van der Waals surface area contributed by atoms with Gasteiger partial charge in [-0.25, -0.2) is 15.0 Å². The van der Waals surface area contributed by atoms with Crippen molar-refractivity contribution in [2.75, 3.05) is 25.0 Å². The van der Waals surface area contributed by atoms with Crippen LogP contribution in [0.4, 0.5) is 5.82 Å². The lowest BCUT2D eigenvalue weighted by Gasteiger charge is -2.25. The number of carbonyl (C=O) groups is 1. The van der Waals surface area contributed by atoms with Gasteiger partial charge in [-0.05, 0) is 75.5 Å². The highest BCUT2D eigenvalue weighted by atomic mass is 16.5. The van der Waals surface area contributed by atoms with Gasteiger partial charge in [0.1, 0.15) is 24.3 Å². The minimum atomic E-state index is -0.858. The maximum atomic E-state index is 12.2. The van der Waals surface area contributed by atoms with Gasteiger partial charge < -0.3 is 15.2 Å². The predicted octanol–water partition coefficient (Wildman–Crippen LogP) is 4.02. The van der Waals surface area contributed by atoms with Gasteiger partial charge in [-0.15, -0.1) is 0 Å². The fourth-order valence-corrected chi connectivity index (χ4v) is 5.20. The number of hydrogen-bond acceptors (Lipinski definition) is 7. The van der Waals surface area contributed by atoms with Crippen molar-refractivity contribution in [3.63, 3.8) is 0 Å². The number of hydrogen-bond donors (Lipinski definition) is 2. The topological polar surface area (TPSA) is 100 Å². The van der Waals surface area contributed by atoms with E-state index < -0.39 is 12.0 Å². The summed E-state index contributed by atoms with van der Waals surface area (Å²) in [5.41, 5.74) is 3.10. The number of fused-ring (bicyclic) bond motifs is 1. The normalized spacial score (nSPS) is 21.0. The molecule has 0 amide bonds. The molecular formula is C26H35N5O3. The average molecular weight is 466 g/mol. The monoisotopic (exact) mass is 465 g/mol. The zero-order valence-corrected chi connectivity index (χ0v) is 19.8. The summed E-state index contributed by atoms with van der Waals surface area (Å²) in [5, 5.41) is 13.4. The predicted molar refractivity (Wildman–Crippen MR) is 129 cm³/mol. The SMILES string of the molecule is O=C(O)C(c1cncnc1OC1CC1)N1CCC(CCCCCc2ccc3c(n2)NCCC3)C1. The van der Waals surface area contributed by atoms with Crippen LogP contribution in [0.3, 0.4) is 0 Å². The van der Waals surface area contributed by atoms with Crippen molar-refractivity contribution in [3.8, 4) is 5.88 Å². The summed E-state index contributed by atoms with van der Waals surface area (Å²) in [4.78, 5) is 27.4. The van der Waals surface area contributed by atoms with Crippen LogP contribution in [-0.4, -0.2) is 56.7 Å². The molecule has 4 heterocycles. The Morgan fingerprint density at radius 2 is 2.15 bits per heavy atom. The molecule has 34 heavy (non-hydrogen) atoms. The van der Waals surface area contributed by atoms with Crippen molar-refractivity contribution in [2.45, 2.75) is 76.4 Å². The lowest BCUT2D eigenvalue weighted by Crippen LogP contribution is -2.33. The first kappa shape index (κ1) is 23.0. The Morgan fingerprint density at radius 1 is 1.24 bits per heavy atom. The van der Waals surface area contributed by atoms with Gasteiger partial charge in [0.05, 0.1) is 5.56 Å². The highest BCUT2D eigenvalue weighted by Crippen LogP contribution is 2.35. The van der Waals surface area contributed by atoms with Crippen LogP contribution in [0, 0.1) is 5.92 Å². The number of nitrogens with one attached hydrogen (secondary N) is 1. The molecule has 3 aliphatic rings. The lowest BCUT2D eigenvalue weighted by molar-refractivity contribution is -0.143. The molecule has 8 heteroatoms. The summed E-state index contributed by atoms with van der Waals surface area (Å²) in [5.74, 6) is 1.19. The van der Waals surface area contributed by atoms with Crippen molar-refractivity contribution in [2.24, 2.45) is 5.92 Å². The maximum Gasteiger partial charge on any atom is 0.325 e. The van der Waals surface area contributed by atoms with Crippen LogP contribution in [0.1, 0.15) is 74.2 Å². The number of likely N-dealkylation sites (tertiary alicyclic amines) is 1. The van der Waals surface area contributed by atoms with E-state index in [4.69, 9.17) is 9.72 Å². The van der Waals surface area contributed by atoms with Crippen molar-refractivity contribution in [1.29, 1.82) is 0 Å². The molecule has 1 aliphatic carbocycles. The molecule has 2 unspecified atom stereocenters. The summed E-state index contributed by atoms with van der Waals surface area (Å²) in [6.45, 7) is 2.61. The average Bonchev–Trinajstić information content (AvgIpc) is 3.55. The van der Waals surface area contributed by atoms with Gasteiger partial charge in [0.15, 0.2) is 0 Å². The molecule has 2 aromatic rings. The number of aromatic nitrogens is 3. The second-order valence-electron chi connectivity index (χ2n) is 9.93. The second kappa shape index (κ2) is 10.7. The molecule has 2 aliphatic heterocycles. The number of anilines is 1. The highest BCUT2D eigenvalue weighted by molar-refractivity contribution is 5.76. The van der Waals surface area contributed by atoms with Gasteiger partial charge >= 0.3 is 5.97 Å². The van der Waals surface area contributed by atoms with Gasteiger partial charge in [0, 0.05) is 25.0 Å². The molecule has 2 aromatic heterocycles. The lowest BCUT2D eigenvalue weighted by atomic mass is 9.99. The third-order valence-corrected chi connectivity index (χ3v) is 7.21. The van der Waals surface area contributed by atoms with Crippen LogP contribution in [0.25, 0.3) is 0 Å².